The van der Waals surface area contributed by atoms with Crippen molar-refractivity contribution in [3.05, 3.63) is 40.4 Å². The maximum absolute atomic E-state index is 11.5. The highest BCUT2D eigenvalue weighted by molar-refractivity contribution is 9.10. The number of benzene rings is 1. The van der Waals surface area contributed by atoms with Gasteiger partial charge in [-0.25, -0.2) is 0 Å². The number of halogens is 1. The van der Waals surface area contributed by atoms with Crippen molar-refractivity contribution in [2.24, 2.45) is 5.92 Å². The zero-order valence-electron chi connectivity index (χ0n) is 10.2. The van der Waals surface area contributed by atoms with E-state index in [2.05, 4.69) is 35.1 Å². The molecule has 1 atom stereocenters. The monoisotopic (exact) mass is 295 g/mol. The second kappa shape index (κ2) is 7.28. The van der Waals surface area contributed by atoms with E-state index in [1.807, 2.05) is 30.3 Å². The average Bonchev–Trinajstić information content (AvgIpc) is 2.35. The summed E-state index contributed by atoms with van der Waals surface area (Å²) in [6, 6.07) is 7.83. The van der Waals surface area contributed by atoms with E-state index < -0.39 is 0 Å². The minimum atomic E-state index is -0.0341. The summed E-state index contributed by atoms with van der Waals surface area (Å²) in [7, 11) is 0. The van der Waals surface area contributed by atoms with E-state index in [-0.39, 0.29) is 5.91 Å². The fraction of sp³-hybridized carbons (Fsp3) is 0.357. The van der Waals surface area contributed by atoms with Crippen molar-refractivity contribution < 1.29 is 4.79 Å². The van der Waals surface area contributed by atoms with Gasteiger partial charge >= 0.3 is 0 Å². The topological polar surface area (TPSA) is 29.1 Å². The highest BCUT2D eigenvalue weighted by Crippen LogP contribution is 2.11. The van der Waals surface area contributed by atoms with Gasteiger partial charge in [-0.05, 0) is 29.7 Å². The average molecular weight is 296 g/mol. The summed E-state index contributed by atoms with van der Waals surface area (Å²) in [4.78, 5) is 11.5. The Hall–Kier alpha value is -1.09. The van der Waals surface area contributed by atoms with Crippen molar-refractivity contribution in [2.75, 3.05) is 6.54 Å². The summed E-state index contributed by atoms with van der Waals surface area (Å²) in [6.07, 6.45) is 4.47. The van der Waals surface area contributed by atoms with Crippen LogP contribution >= 0.6 is 15.9 Å². The number of carbonyl (C=O) groups excluding carboxylic acids is 1. The lowest BCUT2D eigenvalue weighted by molar-refractivity contribution is -0.116. The molecule has 17 heavy (non-hydrogen) atoms. The third-order valence-electron chi connectivity index (χ3n) is 2.62. The molecule has 92 valence electrons. The van der Waals surface area contributed by atoms with E-state index in [9.17, 15) is 4.79 Å². The van der Waals surface area contributed by atoms with Crippen molar-refractivity contribution in [3.63, 3.8) is 0 Å². The summed E-state index contributed by atoms with van der Waals surface area (Å²) in [6.45, 7) is 4.98. The first-order valence-electron chi connectivity index (χ1n) is 5.83. The molecule has 2 nitrogen and oxygen atoms in total. The molecule has 0 saturated heterocycles. The first-order chi connectivity index (χ1) is 8.11. The molecule has 1 rings (SSSR count). The summed E-state index contributed by atoms with van der Waals surface area (Å²) in [5.41, 5.74) is 1.02. The van der Waals surface area contributed by atoms with Crippen molar-refractivity contribution in [3.8, 4) is 0 Å². The summed E-state index contributed by atoms with van der Waals surface area (Å²) in [5.74, 6) is 0.494. The molecule has 1 unspecified atom stereocenters. The van der Waals surface area contributed by atoms with Gasteiger partial charge in [0.25, 0.3) is 0 Å². The van der Waals surface area contributed by atoms with E-state index in [0.29, 0.717) is 5.92 Å². The van der Waals surface area contributed by atoms with Gasteiger partial charge in [0.15, 0.2) is 0 Å². The SMILES string of the molecule is CCC(C)CNC(=O)/C=C/c1ccc(Br)cc1. The standard InChI is InChI=1S/C14H18BrNO/c1-3-11(2)10-16-14(17)9-6-12-4-7-13(15)8-5-12/h4-9,11H,3,10H2,1-2H3,(H,16,17)/b9-6+. The molecule has 0 aliphatic carbocycles. The molecule has 0 bridgehead atoms. The number of nitrogens with one attached hydrogen (secondary N) is 1. The molecule has 0 spiro atoms. The minimum Gasteiger partial charge on any atom is -0.352 e. The number of rotatable bonds is 5. The smallest absolute Gasteiger partial charge is 0.244 e. The molecule has 0 aliphatic rings. The van der Waals surface area contributed by atoms with Gasteiger partial charge in [0.05, 0.1) is 0 Å². The van der Waals surface area contributed by atoms with E-state index in [4.69, 9.17) is 0 Å². The van der Waals surface area contributed by atoms with Gasteiger partial charge in [0.2, 0.25) is 5.91 Å². The van der Waals surface area contributed by atoms with Crippen LogP contribution in [0.5, 0.6) is 0 Å². The normalized spacial score (nSPS) is 12.6. The number of hydrogen-bond acceptors (Lipinski definition) is 1. The molecule has 1 aromatic rings. The Bertz CT molecular complexity index is 384. The number of amides is 1. The Morgan fingerprint density at radius 2 is 2.06 bits per heavy atom. The van der Waals surface area contributed by atoms with Gasteiger partial charge in [0.1, 0.15) is 0 Å². The minimum absolute atomic E-state index is 0.0341. The van der Waals surface area contributed by atoms with Crippen LogP contribution in [0.2, 0.25) is 0 Å². The zero-order valence-corrected chi connectivity index (χ0v) is 11.8. The van der Waals surface area contributed by atoms with Crippen LogP contribution in [0.25, 0.3) is 6.08 Å². The Morgan fingerprint density at radius 3 is 2.65 bits per heavy atom. The Kier molecular flexibility index (Phi) is 5.98. The van der Waals surface area contributed by atoms with Crippen molar-refractivity contribution in [2.45, 2.75) is 20.3 Å². The van der Waals surface area contributed by atoms with Gasteiger partial charge in [-0.3, -0.25) is 4.79 Å². The lowest BCUT2D eigenvalue weighted by Crippen LogP contribution is -2.26. The maximum atomic E-state index is 11.5. The van der Waals surface area contributed by atoms with E-state index in [0.717, 1.165) is 23.0 Å². The van der Waals surface area contributed by atoms with E-state index >= 15 is 0 Å². The van der Waals surface area contributed by atoms with Crippen molar-refractivity contribution in [1.82, 2.24) is 5.32 Å². The Labute approximate surface area is 111 Å². The molecular weight excluding hydrogens is 278 g/mol. The van der Waals surface area contributed by atoms with Gasteiger partial charge in [-0.2, -0.15) is 0 Å². The lowest BCUT2D eigenvalue weighted by Gasteiger charge is -2.07. The first kappa shape index (κ1) is 14.0. The van der Waals surface area contributed by atoms with Crippen LogP contribution in [0.4, 0.5) is 0 Å². The summed E-state index contributed by atoms with van der Waals surface area (Å²) >= 11 is 3.37. The van der Waals surface area contributed by atoms with E-state index in [1.54, 1.807) is 6.08 Å². The molecule has 0 aromatic heterocycles. The highest BCUT2D eigenvalue weighted by Gasteiger charge is 2.00. The second-order valence-electron chi connectivity index (χ2n) is 4.14. The lowest BCUT2D eigenvalue weighted by atomic mass is 10.1. The molecule has 1 N–H and O–H groups in total. The molecule has 0 fully saturated rings. The molecule has 1 amide bonds. The first-order valence-corrected chi connectivity index (χ1v) is 6.62. The number of hydrogen-bond donors (Lipinski definition) is 1. The highest BCUT2D eigenvalue weighted by atomic mass is 79.9. The third kappa shape index (κ3) is 5.68. The van der Waals surface area contributed by atoms with Gasteiger partial charge < -0.3 is 5.32 Å². The zero-order chi connectivity index (χ0) is 12.7. The van der Waals surface area contributed by atoms with Crippen LogP contribution in [-0.2, 0) is 4.79 Å². The maximum Gasteiger partial charge on any atom is 0.244 e. The van der Waals surface area contributed by atoms with Crippen LogP contribution in [0, 0.1) is 5.92 Å². The Morgan fingerprint density at radius 1 is 1.41 bits per heavy atom. The molecule has 0 radical (unpaired) electrons. The van der Waals surface area contributed by atoms with Crippen LogP contribution in [0.1, 0.15) is 25.8 Å². The molecular formula is C14H18BrNO. The number of carbonyl (C=O) groups is 1. The summed E-state index contributed by atoms with van der Waals surface area (Å²) in [5, 5.41) is 2.88. The van der Waals surface area contributed by atoms with E-state index in [1.165, 1.54) is 0 Å². The molecule has 0 heterocycles. The van der Waals surface area contributed by atoms with Crippen LogP contribution < -0.4 is 5.32 Å². The molecule has 0 aliphatic heterocycles. The third-order valence-corrected chi connectivity index (χ3v) is 3.15. The van der Waals surface area contributed by atoms with Crippen molar-refractivity contribution in [1.29, 1.82) is 0 Å². The molecule has 0 saturated carbocycles. The van der Waals surface area contributed by atoms with Gasteiger partial charge in [-0.15, -0.1) is 0 Å². The predicted octanol–water partition coefficient (Wildman–Crippen LogP) is 3.62. The second-order valence-corrected chi connectivity index (χ2v) is 5.06. The Balaban J connectivity index is 2.42. The van der Waals surface area contributed by atoms with Crippen LogP contribution in [-0.4, -0.2) is 12.5 Å². The predicted molar refractivity (Wildman–Crippen MR) is 75.6 cm³/mol. The van der Waals surface area contributed by atoms with Crippen LogP contribution in [0.3, 0.4) is 0 Å². The van der Waals surface area contributed by atoms with Gasteiger partial charge in [-0.1, -0.05) is 48.3 Å². The fourth-order valence-electron chi connectivity index (χ4n) is 1.22. The summed E-state index contributed by atoms with van der Waals surface area (Å²) < 4.78 is 1.04. The van der Waals surface area contributed by atoms with Gasteiger partial charge in [0, 0.05) is 17.1 Å². The molecule has 3 heteroatoms. The largest absolute Gasteiger partial charge is 0.352 e. The van der Waals surface area contributed by atoms with Crippen LogP contribution in [0.15, 0.2) is 34.8 Å². The van der Waals surface area contributed by atoms with Crippen molar-refractivity contribution >= 4 is 27.9 Å². The fourth-order valence-corrected chi connectivity index (χ4v) is 1.49. The molecule has 1 aromatic carbocycles. The quantitative estimate of drug-likeness (QED) is 0.826.